The van der Waals surface area contributed by atoms with Gasteiger partial charge in [-0.15, -0.1) is 0 Å². The van der Waals surface area contributed by atoms with Crippen molar-refractivity contribution >= 4 is 23.2 Å². The highest BCUT2D eigenvalue weighted by atomic mass is 35.5. The molecule has 0 saturated carbocycles. The number of hydrogen-bond donors (Lipinski definition) is 2. The van der Waals surface area contributed by atoms with Gasteiger partial charge in [0, 0.05) is 10.4 Å². The van der Waals surface area contributed by atoms with Gasteiger partial charge in [0.15, 0.2) is 0 Å². The molecular weight excluding hydrogens is 374 g/mol. The lowest BCUT2D eigenvalue weighted by molar-refractivity contribution is 0.102. The summed E-state index contributed by atoms with van der Waals surface area (Å²) in [4.78, 5) is 12.7. The van der Waals surface area contributed by atoms with E-state index in [4.69, 9.17) is 16.3 Å². The Kier molecular flexibility index (Phi) is 5.61. The maximum absolute atomic E-state index is 12.7. The first-order valence-corrected chi connectivity index (χ1v) is 9.24. The zero-order chi connectivity index (χ0) is 20.3. The summed E-state index contributed by atoms with van der Waals surface area (Å²) in [6, 6.07) is 20.2. The van der Waals surface area contributed by atoms with Crippen molar-refractivity contribution in [2.24, 2.45) is 0 Å². The number of phenols is 1. The summed E-state index contributed by atoms with van der Waals surface area (Å²) in [6.07, 6.45) is 0. The summed E-state index contributed by atoms with van der Waals surface area (Å²) < 4.78 is 5.41. The first kappa shape index (κ1) is 19.8. The van der Waals surface area contributed by atoms with Crippen molar-refractivity contribution in [3.05, 3.63) is 88.4 Å². The monoisotopic (exact) mass is 395 g/mol. The van der Waals surface area contributed by atoms with Crippen LogP contribution in [0.3, 0.4) is 0 Å². The van der Waals surface area contributed by atoms with E-state index in [-0.39, 0.29) is 16.7 Å². The van der Waals surface area contributed by atoms with Gasteiger partial charge in [0.05, 0.1) is 18.4 Å². The van der Waals surface area contributed by atoms with Gasteiger partial charge >= 0.3 is 0 Å². The lowest BCUT2D eigenvalue weighted by Crippen LogP contribution is -2.20. The number of phenolic OH excluding ortho intramolecular Hbond substituents is 1. The molecular formula is C23H22ClNO3. The SMILES string of the molecule is COc1ccc(C(C)(C)c2ccccc2)cc1NC(=O)c1cc(Cl)ccc1O. The number of methoxy groups -OCH3 is 1. The van der Waals surface area contributed by atoms with Crippen LogP contribution in [-0.2, 0) is 5.41 Å². The summed E-state index contributed by atoms with van der Waals surface area (Å²) in [5.74, 6) is -0.0721. The van der Waals surface area contributed by atoms with Crippen LogP contribution in [-0.4, -0.2) is 18.1 Å². The number of anilines is 1. The molecule has 0 saturated heterocycles. The highest BCUT2D eigenvalue weighted by Crippen LogP contribution is 2.36. The number of carbonyl (C=O) groups is 1. The second-order valence-electron chi connectivity index (χ2n) is 7.02. The van der Waals surface area contributed by atoms with Gasteiger partial charge in [-0.3, -0.25) is 4.79 Å². The van der Waals surface area contributed by atoms with E-state index in [1.807, 2.05) is 36.4 Å². The first-order chi connectivity index (χ1) is 13.3. The van der Waals surface area contributed by atoms with Crippen LogP contribution in [0.4, 0.5) is 5.69 Å². The second kappa shape index (κ2) is 7.95. The molecule has 0 aromatic heterocycles. The van der Waals surface area contributed by atoms with Crippen LogP contribution < -0.4 is 10.1 Å². The fourth-order valence-corrected chi connectivity index (χ4v) is 3.27. The van der Waals surface area contributed by atoms with Crippen LogP contribution in [0.25, 0.3) is 0 Å². The van der Waals surface area contributed by atoms with Crippen LogP contribution in [0.5, 0.6) is 11.5 Å². The number of rotatable bonds is 5. The maximum Gasteiger partial charge on any atom is 0.259 e. The van der Waals surface area contributed by atoms with Crippen LogP contribution in [0, 0.1) is 0 Å². The third-order valence-corrected chi connectivity index (χ3v) is 5.10. The van der Waals surface area contributed by atoms with Crippen molar-refractivity contribution in [1.82, 2.24) is 0 Å². The van der Waals surface area contributed by atoms with Crippen LogP contribution >= 0.6 is 11.6 Å². The highest BCUT2D eigenvalue weighted by molar-refractivity contribution is 6.31. The molecule has 0 heterocycles. The first-order valence-electron chi connectivity index (χ1n) is 8.87. The largest absolute Gasteiger partial charge is 0.507 e. The zero-order valence-corrected chi connectivity index (χ0v) is 16.7. The molecule has 0 aliphatic heterocycles. The van der Waals surface area contributed by atoms with Crippen LogP contribution in [0.2, 0.25) is 5.02 Å². The molecule has 0 unspecified atom stereocenters. The lowest BCUT2D eigenvalue weighted by Gasteiger charge is -2.27. The number of amides is 1. The number of aromatic hydroxyl groups is 1. The average Bonchev–Trinajstić information content (AvgIpc) is 2.70. The lowest BCUT2D eigenvalue weighted by atomic mass is 9.78. The van der Waals surface area contributed by atoms with E-state index in [9.17, 15) is 9.90 Å². The minimum absolute atomic E-state index is 0.0993. The van der Waals surface area contributed by atoms with Gasteiger partial charge in [0.25, 0.3) is 5.91 Å². The fraction of sp³-hybridized carbons (Fsp3) is 0.174. The Balaban J connectivity index is 1.98. The molecule has 0 atom stereocenters. The highest BCUT2D eigenvalue weighted by Gasteiger charge is 2.24. The minimum atomic E-state index is -0.465. The molecule has 4 nitrogen and oxygen atoms in total. The maximum atomic E-state index is 12.7. The average molecular weight is 396 g/mol. The summed E-state index contributed by atoms with van der Waals surface area (Å²) in [5.41, 5.74) is 2.52. The normalized spacial score (nSPS) is 11.1. The van der Waals surface area contributed by atoms with E-state index in [0.717, 1.165) is 11.1 Å². The van der Waals surface area contributed by atoms with E-state index in [1.165, 1.54) is 18.2 Å². The van der Waals surface area contributed by atoms with Crippen LogP contribution in [0.15, 0.2) is 66.7 Å². The molecule has 1 amide bonds. The summed E-state index contributed by atoms with van der Waals surface area (Å²) in [7, 11) is 1.55. The molecule has 28 heavy (non-hydrogen) atoms. The predicted molar refractivity (Wildman–Crippen MR) is 113 cm³/mol. The Bertz CT molecular complexity index is 1000. The van der Waals surface area contributed by atoms with E-state index >= 15 is 0 Å². The predicted octanol–water partition coefficient (Wildman–Crippen LogP) is 5.63. The van der Waals surface area contributed by atoms with Crippen molar-refractivity contribution in [1.29, 1.82) is 0 Å². The molecule has 3 aromatic rings. The van der Waals surface area contributed by atoms with Crippen molar-refractivity contribution in [2.75, 3.05) is 12.4 Å². The Morgan fingerprint density at radius 1 is 1.00 bits per heavy atom. The molecule has 3 aromatic carbocycles. The van der Waals surface area contributed by atoms with Gasteiger partial charge in [0.2, 0.25) is 0 Å². The molecule has 0 spiro atoms. The Morgan fingerprint density at radius 3 is 2.39 bits per heavy atom. The molecule has 0 aliphatic carbocycles. The Labute approximate surface area is 169 Å². The number of hydrogen-bond acceptors (Lipinski definition) is 3. The summed E-state index contributed by atoms with van der Waals surface area (Å²) >= 11 is 5.96. The van der Waals surface area contributed by atoms with Crippen molar-refractivity contribution < 1.29 is 14.6 Å². The third kappa shape index (κ3) is 3.97. The van der Waals surface area contributed by atoms with Crippen molar-refractivity contribution in [2.45, 2.75) is 19.3 Å². The number of carbonyl (C=O) groups excluding carboxylic acids is 1. The smallest absolute Gasteiger partial charge is 0.259 e. The van der Waals surface area contributed by atoms with Gasteiger partial charge < -0.3 is 15.2 Å². The van der Waals surface area contributed by atoms with Crippen LogP contribution in [0.1, 0.15) is 35.3 Å². The standard InChI is InChI=1S/C23H22ClNO3/c1-23(2,15-7-5-4-6-8-15)16-9-12-21(28-3)19(13-16)25-22(27)18-14-17(24)10-11-20(18)26/h4-14,26H,1-3H3,(H,25,27). The molecule has 2 N–H and O–H groups in total. The second-order valence-corrected chi connectivity index (χ2v) is 7.46. The fourth-order valence-electron chi connectivity index (χ4n) is 3.10. The van der Waals surface area contributed by atoms with Gasteiger partial charge in [-0.05, 0) is 41.5 Å². The summed E-state index contributed by atoms with van der Waals surface area (Å²) in [5, 5.41) is 13.2. The zero-order valence-electron chi connectivity index (χ0n) is 16.0. The summed E-state index contributed by atoms with van der Waals surface area (Å²) in [6.45, 7) is 4.25. The Hall–Kier alpha value is -2.98. The van der Waals surface area contributed by atoms with Gasteiger partial charge in [-0.2, -0.15) is 0 Å². The van der Waals surface area contributed by atoms with E-state index in [1.54, 1.807) is 7.11 Å². The topological polar surface area (TPSA) is 58.6 Å². The van der Waals surface area contributed by atoms with E-state index in [2.05, 4.69) is 31.3 Å². The quantitative estimate of drug-likeness (QED) is 0.588. The molecule has 0 fully saturated rings. The number of halogens is 1. The molecule has 0 radical (unpaired) electrons. The van der Waals surface area contributed by atoms with Crippen molar-refractivity contribution in [3.63, 3.8) is 0 Å². The third-order valence-electron chi connectivity index (χ3n) is 4.87. The molecule has 3 rings (SSSR count). The van der Waals surface area contributed by atoms with Gasteiger partial charge in [-0.1, -0.05) is 61.8 Å². The van der Waals surface area contributed by atoms with Gasteiger partial charge in [0.1, 0.15) is 11.5 Å². The van der Waals surface area contributed by atoms with E-state index < -0.39 is 5.91 Å². The van der Waals surface area contributed by atoms with E-state index in [0.29, 0.717) is 16.5 Å². The minimum Gasteiger partial charge on any atom is -0.507 e. The van der Waals surface area contributed by atoms with Crippen molar-refractivity contribution in [3.8, 4) is 11.5 Å². The molecule has 144 valence electrons. The van der Waals surface area contributed by atoms with Gasteiger partial charge in [-0.25, -0.2) is 0 Å². The Morgan fingerprint density at radius 2 is 1.71 bits per heavy atom. The number of nitrogens with one attached hydrogen (secondary N) is 1. The number of benzene rings is 3. The molecule has 5 heteroatoms. The molecule has 0 aliphatic rings. The molecule has 0 bridgehead atoms. The number of ether oxygens (including phenoxy) is 1.